The number of rotatable bonds is 8. The average molecular weight is 863 g/mol. The van der Waals surface area contributed by atoms with Crippen molar-refractivity contribution < 1.29 is 4.42 Å². The lowest BCUT2D eigenvalue weighted by Gasteiger charge is -2.12. The van der Waals surface area contributed by atoms with E-state index in [1.807, 2.05) is 170 Å². The fourth-order valence-electron chi connectivity index (χ4n) is 9.03. The highest BCUT2D eigenvalue weighted by atomic mass is 16.4. The number of aromatic nitrogens is 10. The van der Waals surface area contributed by atoms with Crippen LogP contribution in [0.4, 0.5) is 0 Å². The zero-order valence-corrected chi connectivity index (χ0v) is 35.5. The van der Waals surface area contributed by atoms with Gasteiger partial charge < -0.3 is 4.42 Å². The van der Waals surface area contributed by atoms with Crippen molar-refractivity contribution in [3.8, 4) is 80.4 Å². The molecule has 0 bridgehead atoms. The molecule has 0 aliphatic rings. The lowest BCUT2D eigenvalue weighted by atomic mass is 10.1. The molecule has 0 atom stereocenters. The van der Waals surface area contributed by atoms with E-state index >= 15 is 0 Å². The largest absolute Gasteiger partial charge is 0.416 e. The van der Waals surface area contributed by atoms with Crippen molar-refractivity contribution in [3.05, 3.63) is 206 Å². The van der Waals surface area contributed by atoms with Crippen LogP contribution in [0.25, 0.3) is 124 Å². The van der Waals surface area contributed by atoms with Crippen LogP contribution in [0.15, 0.2) is 211 Å². The molecule has 0 unspecified atom stereocenters. The van der Waals surface area contributed by atoms with Gasteiger partial charge in [0, 0.05) is 43.8 Å². The summed E-state index contributed by atoms with van der Waals surface area (Å²) in [5, 5.41) is 13.6. The van der Waals surface area contributed by atoms with Gasteiger partial charge in [-0.15, -0.1) is 10.2 Å². The lowest BCUT2D eigenvalue weighted by molar-refractivity contribution is 0.585. The first-order valence-corrected chi connectivity index (χ1v) is 21.9. The molecule has 0 N–H and O–H groups in total. The standard InChI is InChI=1S/C56H34N10O/c1-5-19-35(20-6-1)49-57-50(36-21-7-2-8-22-36)60-55(59-49)65-45-33-15-13-27-39(45)41-29-17-31-43(47(41)65)53-63-64-54(67-53)44-32-18-30-42-40-28-14-16-34-46(40)66(48(42)44)56-61-51(37-23-9-3-10-24-37)58-52(62-56)38-25-11-4-12-26-38/h1-34H. The van der Waals surface area contributed by atoms with Gasteiger partial charge in [0.2, 0.25) is 23.7 Å². The van der Waals surface area contributed by atoms with Crippen LogP contribution in [0.2, 0.25) is 0 Å². The van der Waals surface area contributed by atoms with E-state index in [4.69, 9.17) is 44.5 Å². The van der Waals surface area contributed by atoms with Crippen LogP contribution in [-0.4, -0.2) is 49.2 Å². The Hall–Kier alpha value is -9.48. The Bertz CT molecular complexity index is 3610. The topological polar surface area (TPSA) is 126 Å². The second kappa shape index (κ2) is 15.6. The maximum atomic E-state index is 6.86. The molecule has 0 aliphatic carbocycles. The second-order valence-electron chi connectivity index (χ2n) is 16.1. The molecule has 0 fully saturated rings. The van der Waals surface area contributed by atoms with E-state index in [1.165, 1.54) is 0 Å². The number of benzene rings is 8. The molecule has 0 saturated heterocycles. The minimum atomic E-state index is 0.336. The molecule has 13 aromatic rings. The second-order valence-corrected chi connectivity index (χ2v) is 16.1. The number of fused-ring (bicyclic) bond motifs is 6. The third kappa shape index (κ3) is 6.44. The van der Waals surface area contributed by atoms with E-state index in [-0.39, 0.29) is 0 Å². The Morgan fingerprint density at radius 2 is 0.597 bits per heavy atom. The van der Waals surface area contributed by atoms with Crippen LogP contribution in [-0.2, 0) is 0 Å². The summed E-state index contributed by atoms with van der Waals surface area (Å²) in [6.07, 6.45) is 0. The van der Waals surface area contributed by atoms with Gasteiger partial charge in [-0.05, 0) is 24.3 Å². The zero-order chi connectivity index (χ0) is 44.3. The summed E-state index contributed by atoms with van der Waals surface area (Å²) in [7, 11) is 0. The van der Waals surface area contributed by atoms with Gasteiger partial charge in [-0.25, -0.2) is 9.97 Å². The predicted octanol–water partition coefficient (Wildman–Crippen LogP) is 12.6. The Morgan fingerprint density at radius 3 is 0.955 bits per heavy atom. The van der Waals surface area contributed by atoms with Crippen LogP contribution < -0.4 is 0 Å². The summed E-state index contributed by atoms with van der Waals surface area (Å²) in [5.74, 6) is 3.82. The summed E-state index contributed by atoms with van der Waals surface area (Å²) in [6.45, 7) is 0. The first-order chi connectivity index (χ1) is 33.2. The van der Waals surface area contributed by atoms with E-state index in [1.54, 1.807) is 0 Å². The minimum absolute atomic E-state index is 0.336. The first-order valence-electron chi connectivity index (χ1n) is 21.9. The van der Waals surface area contributed by atoms with Crippen LogP contribution >= 0.6 is 0 Å². The molecule has 8 aromatic carbocycles. The Morgan fingerprint density at radius 1 is 0.284 bits per heavy atom. The fourth-order valence-corrected chi connectivity index (χ4v) is 9.03. The van der Waals surface area contributed by atoms with Gasteiger partial charge in [-0.3, -0.25) is 9.13 Å². The fraction of sp³-hybridized carbons (Fsp3) is 0. The molecule has 0 aliphatic heterocycles. The molecule has 11 nitrogen and oxygen atoms in total. The lowest BCUT2D eigenvalue weighted by Crippen LogP contribution is -2.07. The molecule has 11 heteroatoms. The number of hydrogen-bond acceptors (Lipinski definition) is 9. The third-order valence-corrected chi connectivity index (χ3v) is 12.1. The van der Waals surface area contributed by atoms with Crippen molar-refractivity contribution in [2.45, 2.75) is 0 Å². The SMILES string of the molecule is c1ccc(-c2nc(-c3ccccc3)nc(-n3c4ccccc4c4cccc(-c5nnc(-c6cccc7c8ccccc8n(-c8nc(-c9ccccc9)nc(-c9ccccc9)n8)c67)o5)c43)n2)cc1. The third-order valence-electron chi connectivity index (χ3n) is 12.1. The van der Waals surface area contributed by atoms with E-state index < -0.39 is 0 Å². The quantitative estimate of drug-likeness (QED) is 0.147. The number of hydrogen-bond donors (Lipinski definition) is 0. The molecule has 5 heterocycles. The maximum Gasteiger partial charge on any atom is 0.250 e. The molecule has 67 heavy (non-hydrogen) atoms. The van der Waals surface area contributed by atoms with Crippen LogP contribution in [0.1, 0.15) is 0 Å². The van der Waals surface area contributed by atoms with Crippen LogP contribution in [0.3, 0.4) is 0 Å². The van der Waals surface area contributed by atoms with Crippen molar-refractivity contribution in [1.29, 1.82) is 0 Å². The van der Waals surface area contributed by atoms with Crippen molar-refractivity contribution in [1.82, 2.24) is 49.2 Å². The highest BCUT2D eigenvalue weighted by molar-refractivity contribution is 6.14. The Kier molecular flexibility index (Phi) is 8.88. The molecule has 0 amide bonds. The van der Waals surface area contributed by atoms with Crippen molar-refractivity contribution >= 4 is 43.6 Å². The smallest absolute Gasteiger partial charge is 0.250 e. The highest BCUT2D eigenvalue weighted by Crippen LogP contribution is 2.41. The molecule has 0 saturated carbocycles. The molecular weight excluding hydrogens is 829 g/mol. The van der Waals surface area contributed by atoms with E-state index in [2.05, 4.69) is 45.5 Å². The monoisotopic (exact) mass is 862 g/mol. The van der Waals surface area contributed by atoms with Crippen LogP contribution in [0.5, 0.6) is 0 Å². The maximum absolute atomic E-state index is 6.86. The molecule has 13 rings (SSSR count). The normalized spacial score (nSPS) is 11.6. The van der Waals surface area contributed by atoms with Crippen LogP contribution in [0, 0.1) is 0 Å². The molecule has 314 valence electrons. The molecule has 0 radical (unpaired) electrons. The summed E-state index contributed by atoms with van der Waals surface area (Å²) in [6, 6.07) is 68.7. The van der Waals surface area contributed by atoms with Gasteiger partial charge in [0.1, 0.15) is 0 Å². The van der Waals surface area contributed by atoms with Gasteiger partial charge in [0.05, 0.1) is 33.2 Å². The van der Waals surface area contributed by atoms with Crippen molar-refractivity contribution in [2.24, 2.45) is 0 Å². The van der Waals surface area contributed by atoms with Gasteiger partial charge in [-0.1, -0.05) is 182 Å². The highest BCUT2D eigenvalue weighted by Gasteiger charge is 2.26. The molecule has 0 spiro atoms. The Balaban J connectivity index is 1.02. The first kappa shape index (κ1) is 38.0. The van der Waals surface area contributed by atoms with Gasteiger partial charge in [0.25, 0.3) is 0 Å². The van der Waals surface area contributed by atoms with Gasteiger partial charge >= 0.3 is 0 Å². The molecular formula is C56H34N10O. The summed E-state index contributed by atoms with van der Waals surface area (Å²) in [5.41, 5.74) is 8.44. The Labute approximate surface area is 382 Å². The van der Waals surface area contributed by atoms with Gasteiger partial charge in [0.15, 0.2) is 23.3 Å². The number of nitrogens with zero attached hydrogens (tertiary/aromatic N) is 10. The average Bonchev–Trinajstić information content (AvgIpc) is 4.13. The zero-order valence-electron chi connectivity index (χ0n) is 35.5. The summed E-state index contributed by atoms with van der Waals surface area (Å²) >= 11 is 0. The minimum Gasteiger partial charge on any atom is -0.416 e. The van der Waals surface area contributed by atoms with E-state index in [0.717, 1.165) is 77.0 Å². The van der Waals surface area contributed by atoms with Crippen molar-refractivity contribution in [3.63, 3.8) is 0 Å². The predicted molar refractivity (Wildman–Crippen MR) is 262 cm³/mol. The summed E-state index contributed by atoms with van der Waals surface area (Å²) in [4.78, 5) is 30.6. The summed E-state index contributed by atoms with van der Waals surface area (Å²) < 4.78 is 11.0. The van der Waals surface area contributed by atoms with Crippen molar-refractivity contribution in [2.75, 3.05) is 0 Å². The number of para-hydroxylation sites is 4. The van der Waals surface area contributed by atoms with E-state index in [0.29, 0.717) is 47.0 Å². The van der Waals surface area contributed by atoms with E-state index in [9.17, 15) is 0 Å². The van der Waals surface area contributed by atoms with Gasteiger partial charge in [-0.2, -0.15) is 19.9 Å². The molecule has 5 aromatic heterocycles.